The predicted octanol–water partition coefficient (Wildman–Crippen LogP) is 18.0. The summed E-state index contributed by atoms with van der Waals surface area (Å²) in [5, 5.41) is 11.6. The number of carbonyl (C=O) groups excluding carboxylic acids is 2. The summed E-state index contributed by atoms with van der Waals surface area (Å²) in [7, 11) is 0. The Balaban J connectivity index is 0.000000251. The van der Waals surface area contributed by atoms with Gasteiger partial charge in [-0.2, -0.15) is 0 Å². The van der Waals surface area contributed by atoms with E-state index in [2.05, 4.69) is 68.7 Å². The molecule has 0 saturated carbocycles. The van der Waals surface area contributed by atoms with Crippen molar-refractivity contribution < 1.29 is 46.8 Å². The van der Waals surface area contributed by atoms with Crippen LogP contribution >= 0.6 is 0 Å². The molecule has 1 N–H and O–H groups in total. The normalized spacial score (nSPS) is 15.7. The van der Waals surface area contributed by atoms with Crippen LogP contribution in [0.15, 0.2) is 121 Å². The number of rotatable bonds is 23. The van der Waals surface area contributed by atoms with E-state index in [4.69, 9.17) is 28.9 Å². The van der Waals surface area contributed by atoms with Gasteiger partial charge in [0.05, 0.1) is 35.8 Å². The monoisotopic (exact) mass is 1320 g/mol. The molecule has 2 aliphatic rings. The van der Waals surface area contributed by atoms with Crippen molar-refractivity contribution in [3.8, 4) is 22.3 Å². The van der Waals surface area contributed by atoms with Crippen LogP contribution in [0.1, 0.15) is 184 Å². The molecule has 0 amide bonds. The first-order chi connectivity index (χ1) is 45.3. The maximum Gasteiger partial charge on any atom is 0.340 e. The molecule has 516 valence electrons. The number of aliphatic hydroxyl groups excluding tert-OH is 1. The topological polar surface area (TPSA) is 127 Å². The lowest BCUT2D eigenvalue weighted by Gasteiger charge is -2.41. The van der Waals surface area contributed by atoms with Gasteiger partial charge < -0.3 is 38.8 Å². The maximum atomic E-state index is 13.7. The van der Waals surface area contributed by atoms with Gasteiger partial charge in [0.25, 0.3) is 0 Å². The van der Waals surface area contributed by atoms with Crippen LogP contribution < -0.4 is 14.7 Å². The number of carbonyl (C=O) groups is 2. The second-order valence-corrected chi connectivity index (χ2v) is 29.5. The molecule has 7 aromatic rings. The highest BCUT2D eigenvalue weighted by Gasteiger charge is 2.40. The maximum absolute atomic E-state index is 13.7. The highest BCUT2D eigenvalue weighted by molar-refractivity contribution is 5.90. The fraction of sp³-hybridized carbons (Fsp3) is 0.481. The molecular weight excluding hydrogens is 1210 g/mol. The van der Waals surface area contributed by atoms with Gasteiger partial charge in [0.1, 0.15) is 23.7 Å². The lowest BCUT2D eigenvalue weighted by atomic mass is 9.81. The van der Waals surface area contributed by atoms with Gasteiger partial charge in [0, 0.05) is 89.9 Å². The van der Waals surface area contributed by atoms with Crippen molar-refractivity contribution in [2.45, 2.75) is 198 Å². The summed E-state index contributed by atoms with van der Waals surface area (Å²) in [5.41, 5.74) is 15.0. The number of hydrogen-bond acceptors (Lipinski definition) is 12. The fourth-order valence-corrected chi connectivity index (χ4v) is 13.0. The Labute approximate surface area is 570 Å². The van der Waals surface area contributed by atoms with E-state index in [0.29, 0.717) is 13.0 Å². The minimum atomic E-state index is -0.977. The van der Waals surface area contributed by atoms with Gasteiger partial charge in [0.15, 0.2) is 12.2 Å². The third-order valence-corrected chi connectivity index (χ3v) is 18.3. The van der Waals surface area contributed by atoms with Crippen molar-refractivity contribution in [1.82, 2.24) is 9.97 Å². The van der Waals surface area contributed by atoms with Gasteiger partial charge in [-0.25, -0.2) is 22.8 Å². The molecule has 2 fully saturated rings. The zero-order chi connectivity index (χ0) is 69.9. The number of esters is 2. The number of nitrogens with zero attached hydrogens (tertiary/aromatic N) is 5. The number of aryl methyl sites for hydroxylation is 6. The average Bonchev–Trinajstić information content (AvgIpc) is 0.757. The van der Waals surface area contributed by atoms with E-state index in [0.717, 1.165) is 161 Å². The van der Waals surface area contributed by atoms with Gasteiger partial charge in [0.2, 0.25) is 0 Å². The third kappa shape index (κ3) is 20.0. The fourth-order valence-electron chi connectivity index (χ4n) is 13.0. The first kappa shape index (κ1) is 74.2. The van der Waals surface area contributed by atoms with Crippen LogP contribution in [0, 0.1) is 56.0 Å². The van der Waals surface area contributed by atoms with Gasteiger partial charge in [-0.1, -0.05) is 100 Å². The van der Waals surface area contributed by atoms with Crippen LogP contribution in [0.5, 0.6) is 0 Å². The van der Waals surface area contributed by atoms with Crippen molar-refractivity contribution in [2.24, 2.45) is 10.8 Å². The molecule has 1 unspecified atom stereocenters. The van der Waals surface area contributed by atoms with Crippen LogP contribution in [0.3, 0.4) is 0 Å². The van der Waals surface area contributed by atoms with Crippen LogP contribution in [0.4, 0.5) is 30.2 Å². The Morgan fingerprint density at radius 3 is 1.20 bits per heavy atom. The molecule has 0 radical (unpaired) electrons. The largest absolute Gasteiger partial charge is 0.464 e. The Hall–Kier alpha value is -7.59. The Kier molecular flexibility index (Phi) is 24.9. The minimum absolute atomic E-state index is 0.199. The van der Waals surface area contributed by atoms with Crippen molar-refractivity contribution in [3.63, 3.8) is 0 Å². The summed E-state index contributed by atoms with van der Waals surface area (Å²) in [6.07, 6.45) is 5.02. The summed E-state index contributed by atoms with van der Waals surface area (Å²) in [5.74, 6) is -1.65. The Bertz CT molecular complexity index is 3690. The van der Waals surface area contributed by atoms with Crippen LogP contribution in [0.25, 0.3) is 22.3 Å². The highest BCUT2D eigenvalue weighted by Crippen LogP contribution is 2.48. The number of ether oxygens (including phenoxy) is 4. The number of pyridine rings is 2. The first-order valence-corrected chi connectivity index (χ1v) is 34.4. The number of aromatic nitrogens is 2. The lowest BCUT2D eigenvalue weighted by Crippen LogP contribution is -2.39. The molecule has 2 aliphatic heterocycles. The molecule has 96 heavy (non-hydrogen) atoms. The van der Waals surface area contributed by atoms with E-state index in [1.807, 2.05) is 111 Å². The lowest BCUT2D eigenvalue weighted by molar-refractivity contribution is -0.167. The van der Waals surface area contributed by atoms with Crippen molar-refractivity contribution >= 4 is 29.0 Å². The van der Waals surface area contributed by atoms with Gasteiger partial charge in [-0.05, 0) is 227 Å². The van der Waals surface area contributed by atoms with Crippen molar-refractivity contribution in [1.29, 1.82) is 0 Å². The van der Waals surface area contributed by atoms with Gasteiger partial charge in [-0.15, -0.1) is 0 Å². The minimum Gasteiger partial charge on any atom is -0.464 e. The van der Waals surface area contributed by atoms with E-state index in [1.165, 1.54) is 42.0 Å². The summed E-state index contributed by atoms with van der Waals surface area (Å²) < 4.78 is 64.7. The number of halogens is 3. The molecule has 0 spiro atoms. The van der Waals surface area contributed by atoms with Crippen LogP contribution in [-0.4, -0.2) is 90.4 Å². The smallest absolute Gasteiger partial charge is 0.340 e. The second kappa shape index (κ2) is 32.2. The number of anilines is 3. The summed E-state index contributed by atoms with van der Waals surface area (Å²) in [6.45, 7) is 36.9. The Morgan fingerprint density at radius 1 is 0.510 bits per heavy atom. The SMILES string of the molecule is CCOC(=O)[C@@H](OC(C)(C)C)c1c(C)nc(C)c(-c2ccc(CCCc3ccc(F)cc3)cc2)c1N1CCC(C)(C)CC1.CCOC(=O)[C@@H](OC(C)(C)C)c1c(C)nc(C)c(-c2ccc(N(CCc3ccc(F)cc3)C(O)Cc3ccc(F)cc3)cc2)c1N1CCC(C)(C)CC1. The summed E-state index contributed by atoms with van der Waals surface area (Å²) in [4.78, 5) is 43.9. The van der Waals surface area contributed by atoms with Crippen LogP contribution in [0.2, 0.25) is 0 Å². The van der Waals surface area contributed by atoms with E-state index in [9.17, 15) is 27.9 Å². The summed E-state index contributed by atoms with van der Waals surface area (Å²) in [6, 6.07) is 36.1. The molecule has 2 saturated heterocycles. The van der Waals surface area contributed by atoms with E-state index in [-0.39, 0.29) is 53.9 Å². The zero-order valence-corrected chi connectivity index (χ0v) is 59.9. The number of benzene rings is 5. The molecule has 5 aromatic carbocycles. The van der Waals surface area contributed by atoms with Gasteiger partial charge >= 0.3 is 11.9 Å². The molecule has 3 atom stereocenters. The van der Waals surface area contributed by atoms with Gasteiger partial charge in [-0.3, -0.25) is 9.97 Å². The zero-order valence-electron chi connectivity index (χ0n) is 59.9. The predicted molar refractivity (Wildman–Crippen MR) is 381 cm³/mol. The number of aliphatic hydroxyl groups is 1. The third-order valence-electron chi connectivity index (χ3n) is 18.3. The van der Waals surface area contributed by atoms with E-state index >= 15 is 0 Å². The van der Waals surface area contributed by atoms with Crippen molar-refractivity contribution in [3.05, 3.63) is 195 Å². The molecule has 12 nitrogen and oxygen atoms in total. The molecule has 15 heteroatoms. The molecular formula is C81H104F3N5O7. The molecule has 0 bridgehead atoms. The van der Waals surface area contributed by atoms with E-state index in [1.54, 1.807) is 31.2 Å². The Morgan fingerprint density at radius 2 is 0.844 bits per heavy atom. The van der Waals surface area contributed by atoms with Crippen molar-refractivity contribution in [2.75, 3.05) is 60.6 Å². The first-order valence-electron chi connectivity index (χ1n) is 34.4. The standard InChI is InChI=1S/C44H55F2N3O4.C37H49FN2O3/c1-9-52-42(51)41(53-43(4,5)6)39-30(3)47-29(2)38(40(39)48-26-23-44(7,8)24-27-48)33-14-20-36(21-15-33)49(25-22-31-10-16-34(45)17-11-31)37(50)28-32-12-18-35(46)19-13-32;1-9-42-35(41)34(43-36(4,5)6)32-26(3)39-25(2)31(33(32)40-23-21-37(7,8)22-24-40)29-17-13-27(14-18-29)11-10-12-28-15-19-30(38)20-16-28/h10-21,37,41,50H,9,22-28H2,1-8H3;13-20,34H,9-12,21-24H2,1-8H3/t37?,41-;34-/m00/s1. The number of hydrogen-bond donors (Lipinski definition) is 1. The molecule has 9 rings (SSSR count). The quantitative estimate of drug-likeness (QED) is 0.0484. The molecule has 2 aromatic heterocycles. The summed E-state index contributed by atoms with van der Waals surface area (Å²) >= 11 is 0. The van der Waals surface area contributed by atoms with E-state index < -0.39 is 35.6 Å². The molecule has 4 heterocycles. The average molecular weight is 1320 g/mol. The molecule has 0 aliphatic carbocycles. The van der Waals surface area contributed by atoms with Crippen LogP contribution in [-0.2, 0) is 54.2 Å². The number of piperidine rings is 2. The second-order valence-electron chi connectivity index (χ2n) is 29.5. The highest BCUT2D eigenvalue weighted by atomic mass is 19.1.